The van der Waals surface area contributed by atoms with Crippen LogP contribution in [-0.4, -0.2) is 0 Å². The summed E-state index contributed by atoms with van der Waals surface area (Å²) in [7, 11) is 0. The molecule has 2 heteroatoms. The molecule has 104 valence electrons. The molecule has 0 saturated carbocycles. The van der Waals surface area contributed by atoms with Crippen LogP contribution in [0.3, 0.4) is 0 Å². The average Bonchev–Trinajstić information content (AvgIpc) is 2.88. The Labute approximate surface area is 117 Å². The number of aryl methyl sites for hydroxylation is 2. The number of hydrogen-bond donors (Lipinski definition) is 2. The van der Waals surface area contributed by atoms with E-state index in [2.05, 4.69) is 45.0 Å². The first-order valence-electron chi connectivity index (χ1n) is 7.05. The first kappa shape index (κ1) is 15.4. The van der Waals surface area contributed by atoms with E-state index in [0.717, 1.165) is 12.8 Å². The van der Waals surface area contributed by atoms with Crippen molar-refractivity contribution in [3.05, 3.63) is 53.9 Å². The molecule has 3 N–H and O–H groups in total. The van der Waals surface area contributed by atoms with Crippen LogP contribution in [0.25, 0.3) is 0 Å². The second kappa shape index (κ2) is 7.03. The molecule has 19 heavy (non-hydrogen) atoms. The Hall–Kier alpha value is -1.70. The molecule has 1 aliphatic carbocycles. The van der Waals surface area contributed by atoms with Crippen molar-refractivity contribution < 1.29 is 0 Å². The van der Waals surface area contributed by atoms with Gasteiger partial charge in [-0.2, -0.15) is 0 Å². The molecule has 0 atom stereocenters. The molecule has 1 aromatic carbocycles. The van der Waals surface area contributed by atoms with Gasteiger partial charge in [0.25, 0.3) is 0 Å². The van der Waals surface area contributed by atoms with Crippen molar-refractivity contribution in [1.82, 2.24) is 0 Å². The molecule has 0 aromatic heterocycles. The lowest BCUT2D eigenvalue weighted by Gasteiger charge is -2.19. The van der Waals surface area contributed by atoms with Gasteiger partial charge < -0.3 is 11.1 Å². The Morgan fingerprint density at radius 3 is 2.47 bits per heavy atom. The molecular formula is C17H26N2. The van der Waals surface area contributed by atoms with Crippen LogP contribution in [0, 0.1) is 0 Å². The number of hydrogen-bond acceptors (Lipinski definition) is 2. The second-order valence-corrected chi connectivity index (χ2v) is 4.74. The number of nitrogens with one attached hydrogen (secondary N) is 1. The molecule has 2 nitrogen and oxygen atoms in total. The number of fused-ring (bicyclic) bond motifs is 1. The van der Waals surface area contributed by atoms with E-state index in [0.29, 0.717) is 5.82 Å². The van der Waals surface area contributed by atoms with Crippen LogP contribution in [0.5, 0.6) is 0 Å². The van der Waals surface area contributed by atoms with Crippen molar-refractivity contribution in [3.8, 4) is 0 Å². The summed E-state index contributed by atoms with van der Waals surface area (Å²) in [6.45, 7) is 14.2. The maximum atomic E-state index is 5.73. The van der Waals surface area contributed by atoms with E-state index in [1.165, 1.54) is 47.2 Å². The van der Waals surface area contributed by atoms with Crippen molar-refractivity contribution in [2.24, 2.45) is 5.73 Å². The van der Waals surface area contributed by atoms with Crippen LogP contribution in [0.2, 0.25) is 0 Å². The largest absolute Gasteiger partial charge is 0.386 e. The SMILES string of the molecule is C=C.C=C(N)Nc1c(CC)c(CC)cc2c1CCC2. The highest BCUT2D eigenvalue weighted by atomic mass is 15.0. The first-order chi connectivity index (χ1) is 9.17. The Kier molecular flexibility index (Phi) is 5.68. The van der Waals surface area contributed by atoms with Gasteiger partial charge in [-0.25, -0.2) is 0 Å². The minimum atomic E-state index is 0.544. The first-order valence-corrected chi connectivity index (χ1v) is 7.05. The fourth-order valence-electron chi connectivity index (χ4n) is 2.88. The van der Waals surface area contributed by atoms with E-state index >= 15 is 0 Å². The highest BCUT2D eigenvalue weighted by Gasteiger charge is 2.19. The van der Waals surface area contributed by atoms with Gasteiger partial charge >= 0.3 is 0 Å². The average molecular weight is 258 g/mol. The predicted octanol–water partition coefficient (Wildman–Crippen LogP) is 3.94. The zero-order valence-corrected chi connectivity index (χ0v) is 12.3. The van der Waals surface area contributed by atoms with Gasteiger partial charge in [0.05, 0.1) is 5.82 Å². The Morgan fingerprint density at radius 1 is 1.26 bits per heavy atom. The molecule has 2 rings (SSSR count). The minimum Gasteiger partial charge on any atom is -0.386 e. The summed E-state index contributed by atoms with van der Waals surface area (Å²) < 4.78 is 0. The van der Waals surface area contributed by atoms with E-state index in [1.807, 2.05) is 0 Å². The fraction of sp³-hybridized carbons (Fsp3) is 0.412. The van der Waals surface area contributed by atoms with E-state index in [4.69, 9.17) is 5.73 Å². The molecule has 0 amide bonds. The summed E-state index contributed by atoms with van der Waals surface area (Å²) in [6, 6.07) is 2.39. The summed E-state index contributed by atoms with van der Waals surface area (Å²) in [6.07, 6.45) is 5.77. The maximum absolute atomic E-state index is 5.73. The lowest BCUT2D eigenvalue weighted by Crippen LogP contribution is -2.12. The summed E-state index contributed by atoms with van der Waals surface area (Å²) >= 11 is 0. The summed E-state index contributed by atoms with van der Waals surface area (Å²) in [5.74, 6) is 0.544. The number of nitrogens with two attached hydrogens (primary N) is 1. The predicted molar refractivity (Wildman–Crippen MR) is 85.4 cm³/mol. The maximum Gasteiger partial charge on any atom is 0.0930 e. The molecule has 0 aliphatic heterocycles. The van der Waals surface area contributed by atoms with E-state index in [1.54, 1.807) is 0 Å². The zero-order chi connectivity index (χ0) is 14.4. The zero-order valence-electron chi connectivity index (χ0n) is 12.3. The lowest BCUT2D eigenvalue weighted by atomic mass is 9.94. The van der Waals surface area contributed by atoms with Gasteiger partial charge in [0.2, 0.25) is 0 Å². The lowest BCUT2D eigenvalue weighted by molar-refractivity contribution is 0.911. The third-order valence-corrected chi connectivity index (χ3v) is 3.62. The molecule has 1 aliphatic rings. The smallest absolute Gasteiger partial charge is 0.0930 e. The Bertz CT molecular complexity index is 461. The van der Waals surface area contributed by atoms with Gasteiger partial charge in [-0.05, 0) is 54.4 Å². The molecular weight excluding hydrogens is 232 g/mol. The third kappa shape index (κ3) is 3.19. The number of rotatable bonds is 4. The van der Waals surface area contributed by atoms with Crippen LogP contribution in [0.15, 0.2) is 31.6 Å². The monoisotopic (exact) mass is 258 g/mol. The van der Waals surface area contributed by atoms with Gasteiger partial charge in [0.15, 0.2) is 0 Å². The van der Waals surface area contributed by atoms with Gasteiger partial charge in [0.1, 0.15) is 0 Å². The van der Waals surface area contributed by atoms with Gasteiger partial charge in [-0.1, -0.05) is 26.5 Å². The van der Waals surface area contributed by atoms with Crippen molar-refractivity contribution in [1.29, 1.82) is 0 Å². The standard InChI is InChI=1S/C15H22N2.C2H4/c1-4-11-9-12-7-6-8-14(12)15(13(11)5-2)17-10(3)16;1-2/h9,17H,3-8,16H2,1-2H3;1-2H2. The van der Waals surface area contributed by atoms with Gasteiger partial charge in [-0.15, -0.1) is 13.2 Å². The quantitative estimate of drug-likeness (QED) is 0.803. The van der Waals surface area contributed by atoms with Crippen LogP contribution in [0.1, 0.15) is 42.5 Å². The molecule has 0 unspecified atom stereocenters. The highest BCUT2D eigenvalue weighted by Crippen LogP contribution is 2.35. The minimum absolute atomic E-state index is 0.544. The topological polar surface area (TPSA) is 38.0 Å². The van der Waals surface area contributed by atoms with Crippen LogP contribution < -0.4 is 11.1 Å². The van der Waals surface area contributed by atoms with Crippen molar-refractivity contribution >= 4 is 5.69 Å². The van der Waals surface area contributed by atoms with Crippen molar-refractivity contribution in [3.63, 3.8) is 0 Å². The molecule has 1 aromatic rings. The van der Waals surface area contributed by atoms with Crippen molar-refractivity contribution in [2.45, 2.75) is 46.0 Å². The summed E-state index contributed by atoms with van der Waals surface area (Å²) in [4.78, 5) is 0. The van der Waals surface area contributed by atoms with E-state index < -0.39 is 0 Å². The molecule has 0 heterocycles. The van der Waals surface area contributed by atoms with E-state index in [9.17, 15) is 0 Å². The summed E-state index contributed by atoms with van der Waals surface area (Å²) in [5.41, 5.74) is 12.8. The Morgan fingerprint density at radius 2 is 1.95 bits per heavy atom. The van der Waals surface area contributed by atoms with Crippen LogP contribution in [-0.2, 0) is 25.7 Å². The molecule has 0 bridgehead atoms. The fourth-order valence-corrected chi connectivity index (χ4v) is 2.88. The third-order valence-electron chi connectivity index (χ3n) is 3.62. The normalized spacial score (nSPS) is 12.3. The van der Waals surface area contributed by atoms with Crippen molar-refractivity contribution in [2.75, 3.05) is 5.32 Å². The number of benzene rings is 1. The molecule has 0 fully saturated rings. The summed E-state index contributed by atoms with van der Waals surface area (Å²) in [5, 5.41) is 3.28. The molecule has 0 saturated heterocycles. The van der Waals surface area contributed by atoms with E-state index in [-0.39, 0.29) is 0 Å². The second-order valence-electron chi connectivity index (χ2n) is 4.74. The number of anilines is 1. The van der Waals surface area contributed by atoms with Gasteiger partial charge in [-0.3, -0.25) is 0 Å². The highest BCUT2D eigenvalue weighted by molar-refractivity contribution is 5.66. The van der Waals surface area contributed by atoms with Gasteiger partial charge in [0, 0.05) is 5.69 Å². The Balaban J connectivity index is 0.000000861. The van der Waals surface area contributed by atoms with Crippen LogP contribution in [0.4, 0.5) is 5.69 Å². The van der Waals surface area contributed by atoms with Crippen LogP contribution >= 0.6 is 0 Å². The molecule has 0 spiro atoms. The molecule has 0 radical (unpaired) electrons.